The molecule has 0 aromatic heterocycles. The molecule has 2 N–H and O–H groups in total. The molecule has 0 amide bonds. The second-order valence-electron chi connectivity index (χ2n) is 14.9. The summed E-state index contributed by atoms with van der Waals surface area (Å²) in [4.78, 5) is 26.4. The Morgan fingerprint density at radius 3 is 2.21 bits per heavy atom. The third-order valence-corrected chi connectivity index (χ3v) is 13.1. The quantitative estimate of drug-likeness (QED) is 0.464. The fraction of sp³-hybridized carbons (Fsp3) is 0.867. The summed E-state index contributed by atoms with van der Waals surface area (Å²) in [5.41, 5.74) is 0.142. The predicted molar refractivity (Wildman–Crippen MR) is 133 cm³/mol. The van der Waals surface area contributed by atoms with Crippen LogP contribution in [-0.2, 0) is 9.59 Å². The first-order valence-electron chi connectivity index (χ1n) is 13.7. The van der Waals surface area contributed by atoms with Gasteiger partial charge in [-0.3, -0.25) is 9.59 Å². The minimum atomic E-state index is -0.711. The Balaban J connectivity index is 1.62. The minimum absolute atomic E-state index is 0.0296. The van der Waals surface area contributed by atoms with Crippen molar-refractivity contribution in [3.8, 4) is 0 Å². The highest BCUT2D eigenvalue weighted by Gasteiger charge is 2.70. The molecular formula is C30H46O4. The van der Waals surface area contributed by atoms with E-state index in [4.69, 9.17) is 0 Å². The number of aliphatic hydroxyl groups is 1. The maximum atomic E-state index is 14.2. The van der Waals surface area contributed by atoms with Crippen molar-refractivity contribution in [1.29, 1.82) is 0 Å². The van der Waals surface area contributed by atoms with Gasteiger partial charge in [-0.2, -0.15) is 0 Å². The predicted octanol–water partition coefficient (Wildman–Crippen LogP) is 6.41. The molecule has 4 heteroatoms. The number of carbonyl (C=O) groups excluding carboxylic acids is 1. The van der Waals surface area contributed by atoms with Crippen LogP contribution in [0.3, 0.4) is 0 Å². The van der Waals surface area contributed by atoms with Gasteiger partial charge in [-0.05, 0) is 110 Å². The molecule has 0 aromatic carbocycles. The Morgan fingerprint density at radius 2 is 1.56 bits per heavy atom. The molecule has 0 heterocycles. The van der Waals surface area contributed by atoms with Crippen LogP contribution >= 0.6 is 0 Å². The largest absolute Gasteiger partial charge is 0.481 e. The number of hydrogen-bond donors (Lipinski definition) is 2. The van der Waals surface area contributed by atoms with E-state index < -0.39 is 11.4 Å². The van der Waals surface area contributed by atoms with Crippen molar-refractivity contribution < 1.29 is 19.8 Å². The molecule has 4 nitrogen and oxygen atoms in total. The number of ketones is 1. The number of aliphatic carboxylic acids is 1. The van der Waals surface area contributed by atoms with E-state index in [1.807, 2.05) is 13.0 Å². The molecule has 5 aliphatic rings. The monoisotopic (exact) mass is 470 g/mol. The van der Waals surface area contributed by atoms with Crippen LogP contribution in [0.2, 0.25) is 0 Å². The molecule has 2 unspecified atom stereocenters. The molecule has 9 atom stereocenters. The summed E-state index contributed by atoms with van der Waals surface area (Å²) in [5.74, 6) is 0.0603. The van der Waals surface area contributed by atoms with Crippen molar-refractivity contribution >= 4 is 11.8 Å². The number of carboxylic acids is 1. The van der Waals surface area contributed by atoms with Gasteiger partial charge < -0.3 is 10.2 Å². The maximum absolute atomic E-state index is 14.2. The number of carboxylic acid groups (broad SMARTS) is 1. The van der Waals surface area contributed by atoms with Crippen LogP contribution in [0.15, 0.2) is 11.6 Å². The summed E-state index contributed by atoms with van der Waals surface area (Å²) >= 11 is 0. The van der Waals surface area contributed by atoms with Gasteiger partial charge in [-0.1, -0.05) is 47.1 Å². The number of hydrogen-bond acceptors (Lipinski definition) is 3. The number of allylic oxidation sites excluding steroid dienone is 2. The van der Waals surface area contributed by atoms with Crippen LogP contribution in [0.5, 0.6) is 0 Å². The molecule has 5 rings (SSSR count). The molecule has 4 fully saturated rings. The van der Waals surface area contributed by atoms with Crippen LogP contribution in [0, 0.1) is 50.2 Å². The molecule has 0 aliphatic heterocycles. The number of carbonyl (C=O) groups is 2. The van der Waals surface area contributed by atoms with Gasteiger partial charge in [0.25, 0.3) is 0 Å². The molecular weight excluding hydrogens is 424 g/mol. The molecule has 190 valence electrons. The lowest BCUT2D eigenvalue weighted by atomic mass is 9.33. The van der Waals surface area contributed by atoms with E-state index in [-0.39, 0.29) is 50.8 Å². The summed E-state index contributed by atoms with van der Waals surface area (Å²) in [6, 6.07) is 0. The zero-order valence-electron chi connectivity index (χ0n) is 22.5. The van der Waals surface area contributed by atoms with Gasteiger partial charge in [-0.15, -0.1) is 0 Å². The topological polar surface area (TPSA) is 74.6 Å². The van der Waals surface area contributed by atoms with Crippen LogP contribution in [-0.4, -0.2) is 28.1 Å². The van der Waals surface area contributed by atoms with Gasteiger partial charge in [0.2, 0.25) is 0 Å². The van der Waals surface area contributed by atoms with Crippen LogP contribution in [0.1, 0.15) is 106 Å². The van der Waals surface area contributed by atoms with E-state index in [1.54, 1.807) is 0 Å². The second kappa shape index (κ2) is 6.99. The van der Waals surface area contributed by atoms with Gasteiger partial charge in [0.15, 0.2) is 5.78 Å². The number of fused-ring (bicyclic) bond motifs is 7. The van der Waals surface area contributed by atoms with Crippen molar-refractivity contribution in [3.63, 3.8) is 0 Å². The van der Waals surface area contributed by atoms with E-state index in [2.05, 4.69) is 41.5 Å². The van der Waals surface area contributed by atoms with Crippen molar-refractivity contribution in [2.45, 2.75) is 112 Å². The van der Waals surface area contributed by atoms with Gasteiger partial charge in [0.1, 0.15) is 0 Å². The second-order valence-corrected chi connectivity index (χ2v) is 14.9. The van der Waals surface area contributed by atoms with E-state index >= 15 is 0 Å². The van der Waals surface area contributed by atoms with Crippen molar-refractivity contribution in [1.82, 2.24) is 0 Å². The SMILES string of the molecule is CC1(C(=O)O)CC[C@]2(C)CC[C@]3(C)C(=CC(=O)[C@@H]4[C@@]5(C)CC[C@H](O)C(C)(C)C5CC[C@]43C)[C@H]2C1. The summed E-state index contributed by atoms with van der Waals surface area (Å²) < 4.78 is 0. The average Bonchev–Trinajstić information content (AvgIpc) is 2.73. The summed E-state index contributed by atoms with van der Waals surface area (Å²) in [6.07, 6.45) is 9.95. The van der Waals surface area contributed by atoms with E-state index in [0.29, 0.717) is 12.3 Å². The molecule has 0 radical (unpaired) electrons. The third kappa shape index (κ3) is 2.81. The van der Waals surface area contributed by atoms with Crippen LogP contribution in [0.4, 0.5) is 0 Å². The number of rotatable bonds is 1. The van der Waals surface area contributed by atoms with Gasteiger partial charge in [0.05, 0.1) is 11.5 Å². The van der Waals surface area contributed by atoms with Crippen LogP contribution < -0.4 is 0 Å². The molecule has 0 spiro atoms. The fourth-order valence-electron chi connectivity index (χ4n) is 10.4. The molecule has 0 saturated heterocycles. The molecule has 34 heavy (non-hydrogen) atoms. The lowest BCUT2D eigenvalue weighted by Gasteiger charge is -2.70. The highest BCUT2D eigenvalue weighted by Crippen LogP contribution is 2.75. The van der Waals surface area contributed by atoms with E-state index in [0.717, 1.165) is 51.4 Å². The summed E-state index contributed by atoms with van der Waals surface area (Å²) in [6.45, 7) is 15.8. The van der Waals surface area contributed by atoms with Crippen molar-refractivity contribution in [2.24, 2.45) is 50.2 Å². The lowest BCUT2D eigenvalue weighted by Crippen LogP contribution is -2.66. The summed E-state index contributed by atoms with van der Waals surface area (Å²) in [7, 11) is 0. The average molecular weight is 471 g/mol. The van der Waals surface area contributed by atoms with Crippen molar-refractivity contribution in [2.75, 3.05) is 0 Å². The lowest BCUT2D eigenvalue weighted by molar-refractivity contribution is -0.202. The fourth-order valence-corrected chi connectivity index (χ4v) is 10.4. The van der Waals surface area contributed by atoms with Gasteiger partial charge in [0, 0.05) is 5.92 Å². The normalized spacial score (nSPS) is 54.1. The first kappa shape index (κ1) is 24.5. The Hall–Kier alpha value is -1.16. The summed E-state index contributed by atoms with van der Waals surface area (Å²) in [5, 5.41) is 20.9. The Bertz CT molecular complexity index is 965. The Morgan fingerprint density at radius 1 is 0.912 bits per heavy atom. The minimum Gasteiger partial charge on any atom is -0.481 e. The first-order valence-corrected chi connectivity index (χ1v) is 13.7. The van der Waals surface area contributed by atoms with Gasteiger partial charge in [-0.25, -0.2) is 0 Å². The highest BCUT2D eigenvalue weighted by atomic mass is 16.4. The molecule has 5 aliphatic carbocycles. The zero-order chi connectivity index (χ0) is 25.1. The number of aliphatic hydroxyl groups excluding tert-OH is 1. The van der Waals surface area contributed by atoms with E-state index in [1.165, 1.54) is 5.57 Å². The Kier molecular flexibility index (Phi) is 5.04. The van der Waals surface area contributed by atoms with Crippen molar-refractivity contribution in [3.05, 3.63) is 11.6 Å². The molecule has 0 aromatic rings. The first-order chi connectivity index (χ1) is 15.6. The van der Waals surface area contributed by atoms with E-state index in [9.17, 15) is 19.8 Å². The van der Waals surface area contributed by atoms with Gasteiger partial charge >= 0.3 is 5.97 Å². The smallest absolute Gasteiger partial charge is 0.309 e. The molecule has 0 bridgehead atoms. The zero-order valence-corrected chi connectivity index (χ0v) is 22.5. The highest BCUT2D eigenvalue weighted by molar-refractivity contribution is 5.95. The Labute approximate surface area is 206 Å². The standard InChI is InChI=1S/C30H46O4/c1-25(2)21-8-11-30(7)23(28(21,5)10-9-22(25)32)20(31)16-18-19-17-27(4,24(33)34)13-12-26(19,3)14-15-29(18,30)6/h16,19,21-23,32H,8-15,17H2,1-7H3,(H,33,34)/t19-,21?,22+,23-,26-,27?,28+,29-,30-/m1/s1. The maximum Gasteiger partial charge on any atom is 0.309 e. The third-order valence-electron chi connectivity index (χ3n) is 13.1. The van der Waals surface area contributed by atoms with Crippen LogP contribution in [0.25, 0.3) is 0 Å². The molecule has 4 saturated carbocycles.